The maximum Gasteiger partial charge on any atom is 0.331 e. The number of hydrogen-bond donors (Lipinski definition) is 5. The summed E-state index contributed by atoms with van der Waals surface area (Å²) in [6, 6.07) is 6.12. The first-order chi connectivity index (χ1) is 14.4. The van der Waals surface area contributed by atoms with Crippen molar-refractivity contribution in [3.8, 4) is 5.75 Å². The van der Waals surface area contributed by atoms with E-state index in [0.717, 1.165) is 18.9 Å². The van der Waals surface area contributed by atoms with E-state index in [1.54, 1.807) is 12.1 Å². The van der Waals surface area contributed by atoms with Crippen LogP contribution in [0.15, 0.2) is 30.3 Å². The minimum atomic E-state index is -1.55. The molecular formula is C21H28O9. The van der Waals surface area contributed by atoms with E-state index in [1.165, 1.54) is 18.2 Å². The molecule has 1 aromatic rings. The first-order valence-electron chi connectivity index (χ1n) is 10.0. The molecule has 0 bridgehead atoms. The highest BCUT2D eigenvalue weighted by Crippen LogP contribution is 2.29. The summed E-state index contributed by atoms with van der Waals surface area (Å²) in [5.41, 5.74) is 0.642. The molecule has 0 aromatic heterocycles. The van der Waals surface area contributed by atoms with Crippen LogP contribution in [0, 0.1) is 0 Å². The van der Waals surface area contributed by atoms with Gasteiger partial charge < -0.3 is 39.7 Å². The van der Waals surface area contributed by atoms with E-state index in [9.17, 15) is 30.3 Å². The predicted molar refractivity (Wildman–Crippen MR) is 104 cm³/mol. The Kier molecular flexibility index (Phi) is 7.81. The number of aliphatic hydroxyl groups excluding tert-OH is 4. The number of phenols is 1. The number of rotatable bonds is 6. The van der Waals surface area contributed by atoms with Crippen LogP contribution < -0.4 is 0 Å². The zero-order valence-electron chi connectivity index (χ0n) is 16.4. The molecule has 30 heavy (non-hydrogen) atoms. The van der Waals surface area contributed by atoms with E-state index in [1.807, 2.05) is 0 Å². The molecular weight excluding hydrogens is 396 g/mol. The lowest BCUT2D eigenvalue weighted by atomic mass is 9.94. The van der Waals surface area contributed by atoms with Gasteiger partial charge in [0.2, 0.25) is 0 Å². The average molecular weight is 424 g/mol. The number of ether oxygens (including phenoxy) is 3. The Morgan fingerprint density at radius 3 is 2.47 bits per heavy atom. The van der Waals surface area contributed by atoms with E-state index in [-0.39, 0.29) is 5.75 Å². The van der Waals surface area contributed by atoms with Gasteiger partial charge in [-0.25, -0.2) is 4.79 Å². The normalized spacial score (nSPS) is 34.7. The zero-order chi connectivity index (χ0) is 21.7. The second-order valence-corrected chi connectivity index (χ2v) is 7.56. The smallest absolute Gasteiger partial charge is 0.331 e. The summed E-state index contributed by atoms with van der Waals surface area (Å²) in [4.78, 5) is 12.2. The molecule has 1 aliphatic carbocycles. The number of esters is 1. The van der Waals surface area contributed by atoms with Gasteiger partial charge in [-0.2, -0.15) is 0 Å². The molecule has 0 amide bonds. The number of aromatic hydroxyl groups is 1. The molecule has 7 atom stereocenters. The topological polar surface area (TPSA) is 146 Å². The molecule has 2 fully saturated rings. The van der Waals surface area contributed by atoms with Gasteiger partial charge in [0.15, 0.2) is 12.4 Å². The summed E-state index contributed by atoms with van der Waals surface area (Å²) >= 11 is 0. The zero-order valence-corrected chi connectivity index (χ0v) is 16.4. The lowest BCUT2D eigenvalue weighted by Gasteiger charge is -2.43. The van der Waals surface area contributed by atoms with Gasteiger partial charge in [0.1, 0.15) is 24.1 Å². The van der Waals surface area contributed by atoms with Gasteiger partial charge in [-0.3, -0.25) is 0 Å². The molecule has 1 saturated carbocycles. The average Bonchev–Trinajstić information content (AvgIpc) is 2.74. The molecule has 0 spiro atoms. The second kappa shape index (κ2) is 10.3. The fraction of sp³-hybridized carbons (Fsp3) is 0.571. The Balaban J connectivity index is 1.61. The van der Waals surface area contributed by atoms with Crippen LogP contribution in [0.25, 0.3) is 6.08 Å². The molecule has 2 aliphatic rings. The van der Waals surface area contributed by atoms with Crippen molar-refractivity contribution in [2.24, 2.45) is 0 Å². The Hall–Kier alpha value is -2.01. The monoisotopic (exact) mass is 424 g/mol. The Bertz CT molecular complexity index is 718. The first kappa shape index (κ1) is 22.7. The van der Waals surface area contributed by atoms with Crippen LogP contribution in [0.5, 0.6) is 5.75 Å². The molecule has 9 nitrogen and oxygen atoms in total. The lowest BCUT2D eigenvalue weighted by molar-refractivity contribution is -0.319. The van der Waals surface area contributed by atoms with E-state index in [2.05, 4.69) is 0 Å². The van der Waals surface area contributed by atoms with Gasteiger partial charge in [-0.05, 0) is 36.6 Å². The van der Waals surface area contributed by atoms with Crippen molar-refractivity contribution in [3.63, 3.8) is 0 Å². The van der Waals surface area contributed by atoms with Gasteiger partial charge >= 0.3 is 5.97 Å². The molecule has 166 valence electrons. The standard InChI is InChI=1S/C21H28O9/c22-11-16-20(30-17(25)10-7-12-5-8-13(23)9-6-12)18(26)19(27)21(29-16)28-15-4-2-1-3-14(15)24/h5-10,14-16,18-24,26-27H,1-4,11H2/b10-7+/t14?,15?,16-,18-,19-,20-,21-/m1/s1. The number of hydrogen-bond acceptors (Lipinski definition) is 9. The van der Waals surface area contributed by atoms with Crippen LogP contribution >= 0.6 is 0 Å². The fourth-order valence-corrected chi connectivity index (χ4v) is 3.64. The summed E-state index contributed by atoms with van der Waals surface area (Å²) in [5.74, 6) is -0.710. The number of benzene rings is 1. The Morgan fingerprint density at radius 2 is 1.80 bits per heavy atom. The van der Waals surface area contributed by atoms with E-state index in [4.69, 9.17) is 14.2 Å². The minimum Gasteiger partial charge on any atom is -0.508 e. The van der Waals surface area contributed by atoms with Crippen LogP contribution in [0.4, 0.5) is 0 Å². The molecule has 3 rings (SSSR count). The molecule has 2 unspecified atom stereocenters. The summed E-state index contributed by atoms with van der Waals surface area (Å²) < 4.78 is 16.4. The molecule has 1 aromatic carbocycles. The van der Waals surface area contributed by atoms with Crippen molar-refractivity contribution >= 4 is 12.0 Å². The van der Waals surface area contributed by atoms with Crippen molar-refractivity contribution in [2.45, 2.75) is 68.6 Å². The lowest BCUT2D eigenvalue weighted by Crippen LogP contribution is -2.61. The van der Waals surface area contributed by atoms with E-state index < -0.39 is 55.5 Å². The van der Waals surface area contributed by atoms with Gasteiger partial charge in [0, 0.05) is 6.08 Å². The molecule has 1 heterocycles. The number of aliphatic hydroxyl groups is 4. The van der Waals surface area contributed by atoms with Crippen LogP contribution in [0.1, 0.15) is 31.2 Å². The van der Waals surface area contributed by atoms with Gasteiger partial charge in [-0.1, -0.05) is 25.0 Å². The van der Waals surface area contributed by atoms with Crippen molar-refractivity contribution in [1.82, 2.24) is 0 Å². The van der Waals surface area contributed by atoms with Gasteiger partial charge in [0.25, 0.3) is 0 Å². The SMILES string of the molecule is O=C(/C=C/c1ccc(O)cc1)O[C@H]1[C@H](O)[C@@H](O)[C@H](OC2CCCCC2O)O[C@@H]1CO. The van der Waals surface area contributed by atoms with E-state index >= 15 is 0 Å². The summed E-state index contributed by atoms with van der Waals surface area (Å²) in [6.45, 7) is -0.573. The van der Waals surface area contributed by atoms with Crippen molar-refractivity contribution < 1.29 is 44.5 Å². The van der Waals surface area contributed by atoms with Crippen LogP contribution in [0.2, 0.25) is 0 Å². The van der Waals surface area contributed by atoms with Crippen molar-refractivity contribution in [2.75, 3.05) is 6.61 Å². The summed E-state index contributed by atoms with van der Waals surface area (Å²) in [7, 11) is 0. The predicted octanol–water partition coefficient (Wildman–Crippen LogP) is 0.0763. The van der Waals surface area contributed by atoms with Gasteiger partial charge in [-0.15, -0.1) is 0 Å². The largest absolute Gasteiger partial charge is 0.508 e. The van der Waals surface area contributed by atoms with Crippen LogP contribution in [-0.2, 0) is 19.0 Å². The quantitative estimate of drug-likeness (QED) is 0.316. The summed E-state index contributed by atoms with van der Waals surface area (Å²) in [5, 5.41) is 49.8. The number of carbonyl (C=O) groups is 1. The minimum absolute atomic E-state index is 0.0921. The van der Waals surface area contributed by atoms with Crippen LogP contribution in [0.3, 0.4) is 0 Å². The fourth-order valence-electron chi connectivity index (χ4n) is 3.64. The molecule has 1 saturated heterocycles. The molecule has 5 N–H and O–H groups in total. The maximum atomic E-state index is 12.2. The summed E-state index contributed by atoms with van der Waals surface area (Å²) in [6.07, 6.45) is -2.50. The third kappa shape index (κ3) is 5.57. The number of phenolic OH excluding ortho intramolecular Hbond substituents is 1. The molecule has 0 radical (unpaired) electrons. The molecule has 9 heteroatoms. The van der Waals surface area contributed by atoms with Crippen molar-refractivity contribution in [3.05, 3.63) is 35.9 Å². The van der Waals surface area contributed by atoms with Gasteiger partial charge in [0.05, 0.1) is 18.8 Å². The Morgan fingerprint density at radius 1 is 1.10 bits per heavy atom. The van der Waals surface area contributed by atoms with E-state index in [0.29, 0.717) is 18.4 Å². The second-order valence-electron chi connectivity index (χ2n) is 7.56. The maximum absolute atomic E-state index is 12.2. The third-order valence-corrected chi connectivity index (χ3v) is 5.35. The molecule has 1 aliphatic heterocycles. The highest BCUT2D eigenvalue weighted by molar-refractivity contribution is 5.87. The third-order valence-electron chi connectivity index (χ3n) is 5.35. The Labute approximate surface area is 174 Å². The first-order valence-corrected chi connectivity index (χ1v) is 10.0. The number of carbonyl (C=O) groups excluding carboxylic acids is 1. The highest BCUT2D eigenvalue weighted by atomic mass is 16.7. The van der Waals surface area contributed by atoms with Crippen LogP contribution in [-0.4, -0.2) is 81.0 Å². The highest BCUT2D eigenvalue weighted by Gasteiger charge is 2.48. The van der Waals surface area contributed by atoms with Crippen molar-refractivity contribution in [1.29, 1.82) is 0 Å².